The Kier molecular flexibility index (Phi) is 5.02. The number of carbonyl (C=O) groups excluding carboxylic acids is 1. The van der Waals surface area contributed by atoms with E-state index in [2.05, 4.69) is 10.3 Å². The van der Waals surface area contributed by atoms with Crippen LogP contribution in [-0.4, -0.2) is 54.6 Å². The number of amides is 1. The topological polar surface area (TPSA) is 103 Å². The molecule has 0 radical (unpaired) electrons. The fourth-order valence-electron chi connectivity index (χ4n) is 2.02. The van der Waals surface area contributed by atoms with Crippen molar-refractivity contribution in [1.82, 2.24) is 19.9 Å². The number of hydrogen-bond acceptors (Lipinski definition) is 7. The highest BCUT2D eigenvalue weighted by Gasteiger charge is 2.27. The number of ether oxygens (including phenoxy) is 1. The number of aromatic nitrogens is 3. The van der Waals surface area contributed by atoms with Crippen molar-refractivity contribution in [3.63, 3.8) is 0 Å². The standard InChI is InChI=1S/C15H19N5O4S/c1-9(18(5)14(21)24-15(2,3)4)13(25)19-12-8-10(20(22)23)6-7-11(12)16-17-19/h6-9H,1-5H3/t9-/m0/s1. The molecule has 0 N–H and O–H groups in total. The van der Waals surface area contributed by atoms with E-state index in [1.807, 2.05) is 0 Å². The number of fused-ring (bicyclic) bond motifs is 1. The van der Waals surface area contributed by atoms with Gasteiger partial charge in [0.1, 0.15) is 21.6 Å². The Morgan fingerprint density at radius 2 is 2.08 bits per heavy atom. The van der Waals surface area contributed by atoms with Crippen molar-refractivity contribution in [3.8, 4) is 0 Å². The number of carbonyl (C=O) groups is 1. The molecule has 1 heterocycles. The van der Waals surface area contributed by atoms with Crippen LogP contribution in [0, 0.1) is 10.1 Å². The number of nitrogens with zero attached hydrogens (tertiary/aromatic N) is 5. The van der Waals surface area contributed by atoms with E-state index >= 15 is 0 Å². The van der Waals surface area contributed by atoms with E-state index in [9.17, 15) is 14.9 Å². The Morgan fingerprint density at radius 1 is 1.44 bits per heavy atom. The Bertz CT molecular complexity index is 842. The molecule has 2 aromatic rings. The third-order valence-corrected chi connectivity index (χ3v) is 3.98. The van der Waals surface area contributed by atoms with Crippen LogP contribution in [-0.2, 0) is 4.74 Å². The Morgan fingerprint density at radius 3 is 2.64 bits per heavy atom. The van der Waals surface area contributed by atoms with Crippen molar-refractivity contribution in [2.24, 2.45) is 0 Å². The molecule has 10 heteroatoms. The molecule has 2 rings (SSSR count). The molecule has 9 nitrogen and oxygen atoms in total. The van der Waals surface area contributed by atoms with Crippen LogP contribution in [0.4, 0.5) is 10.5 Å². The monoisotopic (exact) mass is 365 g/mol. The Balaban J connectivity index is 2.30. The van der Waals surface area contributed by atoms with E-state index < -0.39 is 22.7 Å². The van der Waals surface area contributed by atoms with E-state index in [4.69, 9.17) is 17.0 Å². The van der Waals surface area contributed by atoms with Crippen LogP contribution in [0.25, 0.3) is 11.0 Å². The summed E-state index contributed by atoms with van der Waals surface area (Å²) in [6, 6.07) is 3.67. The van der Waals surface area contributed by atoms with Gasteiger partial charge in [-0.2, -0.15) is 0 Å². The summed E-state index contributed by atoms with van der Waals surface area (Å²) in [5.41, 5.74) is 0.156. The molecular formula is C15H19N5O4S. The Labute approximate surface area is 149 Å². The number of benzene rings is 1. The van der Waals surface area contributed by atoms with Gasteiger partial charge in [-0.15, -0.1) is 5.10 Å². The molecule has 0 saturated carbocycles. The lowest BCUT2D eigenvalue weighted by Crippen LogP contribution is -2.44. The zero-order chi connectivity index (χ0) is 18.9. The number of nitro benzene ring substituents is 1. The second-order valence-corrected chi connectivity index (χ2v) is 6.96. The van der Waals surface area contributed by atoms with E-state index in [1.54, 1.807) is 34.7 Å². The van der Waals surface area contributed by atoms with Crippen LogP contribution in [0.3, 0.4) is 0 Å². The normalized spacial score (nSPS) is 12.7. The molecule has 0 saturated heterocycles. The summed E-state index contributed by atoms with van der Waals surface area (Å²) in [6.07, 6.45) is -0.530. The first-order valence-corrected chi connectivity index (χ1v) is 7.92. The average Bonchev–Trinajstić information content (AvgIpc) is 2.93. The molecule has 0 unspecified atom stereocenters. The highest BCUT2D eigenvalue weighted by atomic mass is 32.1. The summed E-state index contributed by atoms with van der Waals surface area (Å²) in [7, 11) is 1.56. The third kappa shape index (κ3) is 4.08. The quantitative estimate of drug-likeness (QED) is 0.468. The minimum Gasteiger partial charge on any atom is -0.444 e. The summed E-state index contributed by atoms with van der Waals surface area (Å²) in [4.78, 5) is 24.3. The first kappa shape index (κ1) is 18.7. The van der Waals surface area contributed by atoms with Gasteiger partial charge in [0.15, 0.2) is 0 Å². The van der Waals surface area contributed by atoms with Crippen LogP contribution < -0.4 is 0 Å². The van der Waals surface area contributed by atoms with Gasteiger partial charge in [0.05, 0.1) is 11.0 Å². The molecular weight excluding hydrogens is 346 g/mol. The molecule has 0 spiro atoms. The largest absolute Gasteiger partial charge is 0.444 e. The van der Waals surface area contributed by atoms with E-state index in [0.717, 1.165) is 0 Å². The lowest BCUT2D eigenvalue weighted by molar-refractivity contribution is -0.384. The lowest BCUT2D eigenvalue weighted by atomic mass is 10.2. The van der Waals surface area contributed by atoms with Gasteiger partial charge in [-0.05, 0) is 33.8 Å². The van der Waals surface area contributed by atoms with Crippen LogP contribution in [0.15, 0.2) is 18.2 Å². The summed E-state index contributed by atoms with van der Waals surface area (Å²) in [5.74, 6) is 0. The van der Waals surface area contributed by atoms with Crippen LogP contribution in [0.5, 0.6) is 0 Å². The van der Waals surface area contributed by atoms with E-state index in [-0.39, 0.29) is 10.7 Å². The number of rotatable bonds is 3. The average molecular weight is 365 g/mol. The minimum absolute atomic E-state index is 0.0907. The molecule has 25 heavy (non-hydrogen) atoms. The number of likely N-dealkylation sites (N-methyl/N-ethyl adjacent to an activating group) is 1. The number of nitro groups is 1. The molecule has 1 aromatic carbocycles. The van der Waals surface area contributed by atoms with E-state index in [0.29, 0.717) is 11.0 Å². The number of thiocarbonyl (C=S) groups is 1. The maximum absolute atomic E-state index is 12.2. The highest BCUT2D eigenvalue weighted by Crippen LogP contribution is 2.20. The summed E-state index contributed by atoms with van der Waals surface area (Å²) in [6.45, 7) is 7.03. The Hall–Kier alpha value is -2.62. The fraction of sp³-hybridized carbons (Fsp3) is 0.467. The zero-order valence-electron chi connectivity index (χ0n) is 14.6. The van der Waals surface area contributed by atoms with Gasteiger partial charge in [0, 0.05) is 19.2 Å². The predicted octanol–water partition coefficient (Wildman–Crippen LogP) is 2.77. The highest BCUT2D eigenvalue weighted by molar-refractivity contribution is 7.80. The van der Waals surface area contributed by atoms with Gasteiger partial charge in [-0.3, -0.25) is 10.1 Å². The van der Waals surface area contributed by atoms with Crippen LogP contribution in [0.1, 0.15) is 27.7 Å². The maximum atomic E-state index is 12.2. The van der Waals surface area contributed by atoms with Gasteiger partial charge < -0.3 is 9.64 Å². The van der Waals surface area contributed by atoms with Gasteiger partial charge in [-0.25, -0.2) is 9.48 Å². The summed E-state index contributed by atoms with van der Waals surface area (Å²) < 4.78 is 6.64. The molecule has 0 bridgehead atoms. The number of hydrogen-bond donors (Lipinski definition) is 0. The molecule has 0 aliphatic rings. The van der Waals surface area contributed by atoms with Gasteiger partial charge >= 0.3 is 6.09 Å². The summed E-state index contributed by atoms with van der Waals surface area (Å²) >= 11 is 5.41. The molecule has 1 atom stereocenters. The fourth-order valence-corrected chi connectivity index (χ4v) is 2.31. The van der Waals surface area contributed by atoms with Crippen molar-refractivity contribution in [3.05, 3.63) is 28.3 Å². The molecule has 0 aliphatic carbocycles. The SMILES string of the molecule is C[C@@H](C(=S)n1nnc2ccc([N+](=O)[O-])cc21)N(C)C(=O)OC(C)(C)C. The second-order valence-electron chi connectivity index (χ2n) is 6.54. The smallest absolute Gasteiger partial charge is 0.410 e. The van der Waals surface area contributed by atoms with Crippen molar-refractivity contribution in [2.75, 3.05) is 7.05 Å². The van der Waals surface area contributed by atoms with Gasteiger partial charge in [0.25, 0.3) is 5.69 Å². The van der Waals surface area contributed by atoms with Crippen LogP contribution >= 0.6 is 12.2 Å². The van der Waals surface area contributed by atoms with Gasteiger partial charge in [-0.1, -0.05) is 17.4 Å². The van der Waals surface area contributed by atoms with E-state index in [1.165, 1.54) is 27.8 Å². The first-order chi connectivity index (χ1) is 11.5. The predicted molar refractivity (Wildman–Crippen MR) is 95.6 cm³/mol. The molecule has 0 aliphatic heterocycles. The third-order valence-electron chi connectivity index (χ3n) is 3.47. The van der Waals surface area contributed by atoms with Crippen molar-refractivity contribution >= 4 is 40.0 Å². The minimum atomic E-state index is -0.632. The van der Waals surface area contributed by atoms with Crippen molar-refractivity contribution < 1.29 is 14.5 Å². The number of non-ortho nitro benzene ring substituents is 1. The van der Waals surface area contributed by atoms with Crippen molar-refractivity contribution in [2.45, 2.75) is 39.3 Å². The van der Waals surface area contributed by atoms with Gasteiger partial charge in [0.2, 0.25) is 0 Å². The molecule has 1 aromatic heterocycles. The molecule has 134 valence electrons. The zero-order valence-corrected chi connectivity index (χ0v) is 15.4. The van der Waals surface area contributed by atoms with Crippen molar-refractivity contribution in [1.29, 1.82) is 0 Å². The maximum Gasteiger partial charge on any atom is 0.410 e. The molecule has 0 fully saturated rings. The first-order valence-electron chi connectivity index (χ1n) is 7.51. The summed E-state index contributed by atoms with van der Waals surface area (Å²) in [5, 5.41) is 18.9. The molecule has 1 amide bonds. The van der Waals surface area contributed by atoms with Crippen LogP contribution in [0.2, 0.25) is 0 Å². The second kappa shape index (κ2) is 6.71. The lowest BCUT2D eigenvalue weighted by Gasteiger charge is -2.28.